The number of anilines is 1. The first-order valence-electron chi connectivity index (χ1n) is 6.41. The maximum Gasteiger partial charge on any atom is 0.391 e. The standard InChI is InChI=1S/C14H15BrF3NO/c1-9(20)12-8-11(15)2-3-13(12)19-6-4-10(5-7-19)14(16,17)18/h2-3,8,10H,4-7H2,1H3. The second-order valence-corrected chi connectivity index (χ2v) is 5.94. The summed E-state index contributed by atoms with van der Waals surface area (Å²) >= 11 is 3.30. The van der Waals surface area contributed by atoms with E-state index in [4.69, 9.17) is 0 Å². The van der Waals surface area contributed by atoms with Gasteiger partial charge in [0.2, 0.25) is 0 Å². The van der Waals surface area contributed by atoms with Gasteiger partial charge in [0.25, 0.3) is 0 Å². The molecular formula is C14H15BrF3NO. The Labute approximate surface area is 124 Å². The number of hydrogen-bond donors (Lipinski definition) is 0. The zero-order chi connectivity index (χ0) is 14.9. The van der Waals surface area contributed by atoms with E-state index in [0.29, 0.717) is 18.7 Å². The minimum absolute atomic E-state index is 0.0803. The zero-order valence-electron chi connectivity index (χ0n) is 11.0. The molecular weight excluding hydrogens is 335 g/mol. The average molecular weight is 350 g/mol. The second kappa shape index (κ2) is 5.76. The number of alkyl halides is 3. The fourth-order valence-electron chi connectivity index (χ4n) is 2.51. The lowest BCUT2D eigenvalue weighted by Crippen LogP contribution is -2.39. The van der Waals surface area contributed by atoms with Crippen LogP contribution in [0.3, 0.4) is 0 Å². The molecule has 0 aliphatic carbocycles. The maximum absolute atomic E-state index is 12.7. The van der Waals surface area contributed by atoms with Gasteiger partial charge in [-0.15, -0.1) is 0 Å². The molecule has 2 rings (SSSR count). The highest BCUT2D eigenvalue weighted by molar-refractivity contribution is 9.10. The van der Waals surface area contributed by atoms with E-state index in [2.05, 4.69) is 15.9 Å². The zero-order valence-corrected chi connectivity index (χ0v) is 12.6. The van der Waals surface area contributed by atoms with Gasteiger partial charge in [-0.2, -0.15) is 13.2 Å². The van der Waals surface area contributed by atoms with Gasteiger partial charge >= 0.3 is 6.18 Å². The van der Waals surface area contributed by atoms with Crippen molar-refractivity contribution in [1.82, 2.24) is 0 Å². The molecule has 0 aromatic heterocycles. The van der Waals surface area contributed by atoms with Crippen molar-refractivity contribution in [2.24, 2.45) is 5.92 Å². The predicted octanol–water partition coefficient (Wildman–Crippen LogP) is 4.43. The summed E-state index contributed by atoms with van der Waals surface area (Å²) in [5.41, 5.74) is 1.27. The smallest absolute Gasteiger partial charge is 0.371 e. The molecule has 1 aliphatic rings. The lowest BCUT2D eigenvalue weighted by atomic mass is 9.95. The molecule has 0 spiro atoms. The average Bonchev–Trinajstić information content (AvgIpc) is 2.37. The van der Waals surface area contributed by atoms with Crippen LogP contribution in [0.15, 0.2) is 22.7 Å². The largest absolute Gasteiger partial charge is 0.391 e. The van der Waals surface area contributed by atoms with E-state index in [1.54, 1.807) is 18.2 Å². The van der Waals surface area contributed by atoms with Gasteiger partial charge in [-0.05, 0) is 38.0 Å². The third-order valence-electron chi connectivity index (χ3n) is 3.64. The minimum Gasteiger partial charge on any atom is -0.371 e. The van der Waals surface area contributed by atoms with Crippen LogP contribution in [-0.4, -0.2) is 25.0 Å². The van der Waals surface area contributed by atoms with Gasteiger partial charge in [0, 0.05) is 28.8 Å². The van der Waals surface area contributed by atoms with E-state index in [0.717, 1.165) is 10.2 Å². The first-order valence-corrected chi connectivity index (χ1v) is 7.20. The summed E-state index contributed by atoms with van der Waals surface area (Å²) in [6.07, 6.45) is -3.96. The van der Waals surface area contributed by atoms with Crippen molar-refractivity contribution >= 4 is 27.4 Å². The van der Waals surface area contributed by atoms with Crippen molar-refractivity contribution in [2.45, 2.75) is 25.9 Å². The third-order valence-corrected chi connectivity index (χ3v) is 4.13. The minimum atomic E-state index is -4.12. The Hall–Kier alpha value is -1.04. The molecule has 0 unspecified atom stereocenters. The maximum atomic E-state index is 12.7. The number of nitrogens with zero attached hydrogens (tertiary/aromatic N) is 1. The fraction of sp³-hybridized carbons (Fsp3) is 0.500. The summed E-state index contributed by atoms with van der Waals surface area (Å²) in [5.74, 6) is -1.31. The van der Waals surface area contributed by atoms with Gasteiger partial charge in [0.05, 0.1) is 5.92 Å². The SMILES string of the molecule is CC(=O)c1cc(Br)ccc1N1CCC(C(F)(F)F)CC1. The molecule has 2 nitrogen and oxygen atoms in total. The molecule has 1 heterocycles. The summed E-state index contributed by atoms with van der Waals surface area (Å²) in [4.78, 5) is 13.5. The highest BCUT2D eigenvalue weighted by Crippen LogP contribution is 2.36. The van der Waals surface area contributed by atoms with E-state index < -0.39 is 12.1 Å². The summed E-state index contributed by atoms with van der Waals surface area (Å²) in [6.45, 7) is 2.12. The Kier molecular flexibility index (Phi) is 4.42. The number of piperidine rings is 1. The Balaban J connectivity index is 2.17. The van der Waals surface area contributed by atoms with Crippen LogP contribution in [0, 0.1) is 5.92 Å². The van der Waals surface area contributed by atoms with E-state index in [-0.39, 0.29) is 18.6 Å². The molecule has 1 aromatic carbocycles. The van der Waals surface area contributed by atoms with Crippen LogP contribution in [0.1, 0.15) is 30.1 Å². The molecule has 6 heteroatoms. The molecule has 1 aromatic rings. The van der Waals surface area contributed by atoms with Crippen LogP contribution >= 0.6 is 15.9 Å². The number of benzene rings is 1. The highest BCUT2D eigenvalue weighted by atomic mass is 79.9. The topological polar surface area (TPSA) is 20.3 Å². The van der Waals surface area contributed by atoms with Gasteiger partial charge in [0.1, 0.15) is 0 Å². The number of carbonyl (C=O) groups is 1. The molecule has 0 atom stereocenters. The van der Waals surface area contributed by atoms with Crippen molar-refractivity contribution in [3.63, 3.8) is 0 Å². The first-order chi connectivity index (χ1) is 9.29. The van der Waals surface area contributed by atoms with Gasteiger partial charge in [-0.1, -0.05) is 15.9 Å². The van der Waals surface area contributed by atoms with Crippen LogP contribution in [0.5, 0.6) is 0 Å². The Bertz CT molecular complexity index is 508. The number of hydrogen-bond acceptors (Lipinski definition) is 2. The van der Waals surface area contributed by atoms with Crippen LogP contribution in [0.2, 0.25) is 0 Å². The molecule has 1 aliphatic heterocycles. The summed E-state index contributed by atoms with van der Waals surface area (Å²) < 4.78 is 38.7. The van der Waals surface area contributed by atoms with Gasteiger partial charge in [-0.3, -0.25) is 4.79 Å². The number of rotatable bonds is 2. The Morgan fingerprint density at radius 3 is 2.40 bits per heavy atom. The van der Waals surface area contributed by atoms with Crippen molar-refractivity contribution < 1.29 is 18.0 Å². The Morgan fingerprint density at radius 2 is 1.90 bits per heavy atom. The third kappa shape index (κ3) is 3.34. The van der Waals surface area contributed by atoms with E-state index >= 15 is 0 Å². The molecule has 0 saturated carbocycles. The Morgan fingerprint density at radius 1 is 1.30 bits per heavy atom. The fourth-order valence-corrected chi connectivity index (χ4v) is 2.87. The van der Waals surface area contributed by atoms with E-state index in [1.807, 2.05) is 4.90 Å². The van der Waals surface area contributed by atoms with Gasteiger partial charge < -0.3 is 4.90 Å². The molecule has 0 amide bonds. The molecule has 1 saturated heterocycles. The van der Waals surface area contributed by atoms with Crippen LogP contribution in [-0.2, 0) is 0 Å². The number of halogens is 4. The second-order valence-electron chi connectivity index (χ2n) is 5.02. The van der Waals surface area contributed by atoms with E-state index in [1.165, 1.54) is 6.92 Å². The number of Topliss-reactive ketones (excluding diaryl/α,β-unsaturated/α-hetero) is 1. The quantitative estimate of drug-likeness (QED) is 0.736. The first kappa shape index (κ1) is 15.4. The molecule has 0 N–H and O–H groups in total. The summed E-state index contributed by atoms with van der Waals surface area (Å²) in [5, 5.41) is 0. The van der Waals surface area contributed by atoms with Crippen LogP contribution in [0.4, 0.5) is 18.9 Å². The lowest BCUT2D eigenvalue weighted by molar-refractivity contribution is -0.179. The molecule has 0 radical (unpaired) electrons. The summed E-state index contributed by atoms with van der Waals surface area (Å²) in [6, 6.07) is 5.31. The monoisotopic (exact) mass is 349 g/mol. The molecule has 1 fully saturated rings. The van der Waals surface area contributed by atoms with Crippen molar-refractivity contribution in [3.05, 3.63) is 28.2 Å². The highest BCUT2D eigenvalue weighted by Gasteiger charge is 2.41. The number of ketones is 1. The number of carbonyl (C=O) groups excluding carboxylic acids is 1. The normalized spacial score (nSPS) is 17.4. The lowest BCUT2D eigenvalue weighted by Gasteiger charge is -2.35. The van der Waals surface area contributed by atoms with Crippen LogP contribution in [0.25, 0.3) is 0 Å². The molecule has 110 valence electrons. The van der Waals surface area contributed by atoms with Gasteiger partial charge in [-0.25, -0.2) is 0 Å². The van der Waals surface area contributed by atoms with E-state index in [9.17, 15) is 18.0 Å². The van der Waals surface area contributed by atoms with Crippen molar-refractivity contribution in [2.75, 3.05) is 18.0 Å². The summed E-state index contributed by atoms with van der Waals surface area (Å²) in [7, 11) is 0. The van der Waals surface area contributed by atoms with Crippen LogP contribution < -0.4 is 4.90 Å². The van der Waals surface area contributed by atoms with Crippen molar-refractivity contribution in [1.29, 1.82) is 0 Å². The van der Waals surface area contributed by atoms with Gasteiger partial charge in [0.15, 0.2) is 5.78 Å². The predicted molar refractivity (Wildman–Crippen MR) is 75.1 cm³/mol. The van der Waals surface area contributed by atoms with Crippen molar-refractivity contribution in [3.8, 4) is 0 Å². The molecule has 20 heavy (non-hydrogen) atoms. The molecule has 0 bridgehead atoms.